The van der Waals surface area contributed by atoms with Gasteiger partial charge in [0.05, 0.1) is 0 Å². The Morgan fingerprint density at radius 3 is 2.24 bits per heavy atom. The van der Waals surface area contributed by atoms with E-state index in [1.165, 1.54) is 0 Å². The van der Waals surface area contributed by atoms with Crippen LogP contribution in [0.4, 0.5) is 9.59 Å². The van der Waals surface area contributed by atoms with Crippen LogP contribution in [0.25, 0.3) is 0 Å². The second-order valence-electron chi connectivity index (χ2n) is 7.41. The number of hydrogen-bond acceptors (Lipinski definition) is 4. The molecule has 2 atom stereocenters. The highest BCUT2D eigenvalue weighted by atomic mass is 16.6. The zero-order valence-corrected chi connectivity index (χ0v) is 15.2. The number of ether oxygens (including phenoxy) is 2. The number of carbonyl (C=O) groups is 2. The van der Waals surface area contributed by atoms with Gasteiger partial charge in [-0.15, -0.1) is 0 Å². The molecule has 1 saturated carbocycles. The van der Waals surface area contributed by atoms with Gasteiger partial charge < -0.3 is 20.1 Å². The average molecular weight is 348 g/mol. The van der Waals surface area contributed by atoms with E-state index in [1.54, 1.807) is 0 Å². The van der Waals surface area contributed by atoms with Crippen molar-refractivity contribution >= 4 is 12.2 Å². The molecule has 0 bridgehead atoms. The second kappa shape index (κ2) is 8.74. The Morgan fingerprint density at radius 1 is 1.04 bits per heavy atom. The first-order valence-corrected chi connectivity index (χ1v) is 8.78. The third kappa shape index (κ3) is 7.45. The molecular formula is C19H28N2O4. The molecule has 2 amide bonds. The largest absolute Gasteiger partial charge is 0.445 e. The van der Waals surface area contributed by atoms with Crippen LogP contribution in [-0.4, -0.2) is 29.9 Å². The van der Waals surface area contributed by atoms with E-state index in [0.717, 1.165) is 24.8 Å². The fourth-order valence-electron chi connectivity index (χ4n) is 2.86. The van der Waals surface area contributed by atoms with Crippen LogP contribution in [0.2, 0.25) is 0 Å². The highest BCUT2D eigenvalue weighted by Gasteiger charge is 2.26. The maximum Gasteiger partial charge on any atom is 0.407 e. The van der Waals surface area contributed by atoms with E-state index in [4.69, 9.17) is 9.47 Å². The Kier molecular flexibility index (Phi) is 6.67. The summed E-state index contributed by atoms with van der Waals surface area (Å²) in [6, 6.07) is 9.56. The van der Waals surface area contributed by atoms with Gasteiger partial charge in [-0.3, -0.25) is 0 Å². The molecule has 1 fully saturated rings. The summed E-state index contributed by atoms with van der Waals surface area (Å²) in [5.41, 5.74) is 0.434. The molecule has 0 aliphatic heterocycles. The summed E-state index contributed by atoms with van der Waals surface area (Å²) in [6.07, 6.45) is 2.55. The summed E-state index contributed by atoms with van der Waals surface area (Å²) in [5, 5.41) is 5.77. The van der Waals surface area contributed by atoms with Gasteiger partial charge in [0.2, 0.25) is 0 Å². The fourth-order valence-corrected chi connectivity index (χ4v) is 2.86. The molecule has 138 valence electrons. The number of alkyl carbamates (subject to hydrolysis) is 2. The highest BCUT2D eigenvalue weighted by molar-refractivity contribution is 5.68. The molecule has 0 radical (unpaired) electrons. The monoisotopic (exact) mass is 348 g/mol. The van der Waals surface area contributed by atoms with Gasteiger partial charge in [-0.2, -0.15) is 0 Å². The number of amides is 2. The van der Waals surface area contributed by atoms with E-state index < -0.39 is 17.8 Å². The van der Waals surface area contributed by atoms with Crippen LogP contribution >= 0.6 is 0 Å². The van der Waals surface area contributed by atoms with E-state index >= 15 is 0 Å². The first kappa shape index (κ1) is 19.1. The summed E-state index contributed by atoms with van der Waals surface area (Å²) in [6.45, 7) is 5.75. The minimum atomic E-state index is -0.516. The van der Waals surface area contributed by atoms with Gasteiger partial charge in [-0.25, -0.2) is 9.59 Å². The Morgan fingerprint density at radius 2 is 1.64 bits per heavy atom. The third-order valence-corrected chi connectivity index (χ3v) is 3.93. The molecule has 1 aromatic carbocycles. The van der Waals surface area contributed by atoms with E-state index in [-0.39, 0.29) is 18.7 Å². The van der Waals surface area contributed by atoms with Crippen LogP contribution in [0.5, 0.6) is 0 Å². The van der Waals surface area contributed by atoms with Crippen LogP contribution in [0.15, 0.2) is 30.3 Å². The standard InChI is InChI=1S/C19H28N2O4/c1-19(2,3)25-18(23)21-16-11-7-10-15(12-16)20-17(22)24-13-14-8-5-4-6-9-14/h4-6,8-9,15-16H,7,10-13H2,1-3H3,(H,20,22)(H,21,23)/t15-,16-/m0/s1. The SMILES string of the molecule is CC(C)(C)OC(=O)N[C@H]1CCC[C@H](NC(=O)OCc2ccccc2)C1. The lowest BCUT2D eigenvalue weighted by atomic mass is 9.91. The number of nitrogens with one attached hydrogen (secondary N) is 2. The van der Waals surface area contributed by atoms with E-state index in [0.29, 0.717) is 6.42 Å². The van der Waals surface area contributed by atoms with Crippen molar-refractivity contribution in [1.29, 1.82) is 0 Å². The van der Waals surface area contributed by atoms with Gasteiger partial charge in [-0.05, 0) is 52.0 Å². The number of rotatable bonds is 4. The lowest BCUT2D eigenvalue weighted by Gasteiger charge is -2.30. The molecule has 0 unspecified atom stereocenters. The van der Waals surface area contributed by atoms with Crippen LogP contribution in [0.3, 0.4) is 0 Å². The summed E-state index contributed by atoms with van der Waals surface area (Å²) in [4.78, 5) is 23.8. The van der Waals surface area contributed by atoms with E-state index in [2.05, 4.69) is 10.6 Å². The van der Waals surface area contributed by atoms with Gasteiger partial charge in [0, 0.05) is 12.1 Å². The Balaban J connectivity index is 1.73. The molecule has 6 heteroatoms. The molecule has 0 aromatic heterocycles. The van der Waals surface area contributed by atoms with Gasteiger partial charge in [0.25, 0.3) is 0 Å². The van der Waals surface area contributed by atoms with Crippen LogP contribution in [0.1, 0.15) is 52.0 Å². The molecule has 6 nitrogen and oxygen atoms in total. The maximum atomic E-state index is 12.0. The molecule has 1 aliphatic rings. The van der Waals surface area contributed by atoms with Crippen molar-refractivity contribution in [2.45, 2.75) is 70.7 Å². The lowest BCUT2D eigenvalue weighted by molar-refractivity contribution is 0.0488. The van der Waals surface area contributed by atoms with Gasteiger partial charge in [0.1, 0.15) is 12.2 Å². The predicted molar refractivity (Wildman–Crippen MR) is 95.2 cm³/mol. The molecule has 25 heavy (non-hydrogen) atoms. The smallest absolute Gasteiger partial charge is 0.407 e. The first-order valence-electron chi connectivity index (χ1n) is 8.78. The maximum absolute atomic E-state index is 12.0. The van der Waals surface area contributed by atoms with E-state index in [1.807, 2.05) is 51.1 Å². The van der Waals surface area contributed by atoms with Crippen molar-refractivity contribution in [1.82, 2.24) is 10.6 Å². The van der Waals surface area contributed by atoms with Crippen molar-refractivity contribution in [2.75, 3.05) is 0 Å². The van der Waals surface area contributed by atoms with Gasteiger partial charge in [-0.1, -0.05) is 30.3 Å². The Hall–Kier alpha value is -2.24. The first-order chi connectivity index (χ1) is 11.8. The van der Waals surface area contributed by atoms with Crippen molar-refractivity contribution in [2.24, 2.45) is 0 Å². The quantitative estimate of drug-likeness (QED) is 0.869. The van der Waals surface area contributed by atoms with Crippen LogP contribution in [0, 0.1) is 0 Å². The van der Waals surface area contributed by atoms with E-state index in [9.17, 15) is 9.59 Å². The minimum Gasteiger partial charge on any atom is -0.445 e. The van der Waals surface area contributed by atoms with Crippen molar-refractivity contribution < 1.29 is 19.1 Å². The fraction of sp³-hybridized carbons (Fsp3) is 0.579. The van der Waals surface area contributed by atoms with Gasteiger partial charge in [0.15, 0.2) is 0 Å². The second-order valence-corrected chi connectivity index (χ2v) is 7.41. The molecule has 0 heterocycles. The number of hydrogen-bond donors (Lipinski definition) is 2. The lowest BCUT2D eigenvalue weighted by Crippen LogP contribution is -2.47. The molecule has 0 spiro atoms. The highest BCUT2D eigenvalue weighted by Crippen LogP contribution is 2.19. The van der Waals surface area contributed by atoms with Crippen molar-refractivity contribution in [3.05, 3.63) is 35.9 Å². The van der Waals surface area contributed by atoms with Crippen molar-refractivity contribution in [3.63, 3.8) is 0 Å². The predicted octanol–water partition coefficient (Wildman–Crippen LogP) is 3.75. The number of carbonyl (C=O) groups excluding carboxylic acids is 2. The summed E-state index contributed by atoms with van der Waals surface area (Å²) < 4.78 is 10.5. The third-order valence-electron chi connectivity index (χ3n) is 3.93. The number of benzene rings is 1. The summed E-state index contributed by atoms with van der Waals surface area (Å²) in [5.74, 6) is 0. The zero-order chi connectivity index (χ0) is 18.3. The Bertz CT molecular complexity index is 569. The topological polar surface area (TPSA) is 76.7 Å². The van der Waals surface area contributed by atoms with Crippen molar-refractivity contribution in [3.8, 4) is 0 Å². The molecule has 2 N–H and O–H groups in total. The van der Waals surface area contributed by atoms with Crippen LogP contribution in [-0.2, 0) is 16.1 Å². The molecular weight excluding hydrogens is 320 g/mol. The average Bonchev–Trinajstić information content (AvgIpc) is 2.52. The zero-order valence-electron chi connectivity index (χ0n) is 15.2. The van der Waals surface area contributed by atoms with Gasteiger partial charge >= 0.3 is 12.2 Å². The normalized spacial score (nSPS) is 20.4. The molecule has 1 aromatic rings. The minimum absolute atomic E-state index is 0.00280. The summed E-state index contributed by atoms with van der Waals surface area (Å²) in [7, 11) is 0. The Labute approximate surface area is 149 Å². The summed E-state index contributed by atoms with van der Waals surface area (Å²) >= 11 is 0. The molecule has 2 rings (SSSR count). The molecule has 1 aliphatic carbocycles. The molecule has 0 saturated heterocycles. The van der Waals surface area contributed by atoms with Crippen LogP contribution < -0.4 is 10.6 Å².